The maximum Gasteiger partial charge on any atom is 0.150 e. The lowest BCUT2D eigenvalue weighted by atomic mass is 10.2. The summed E-state index contributed by atoms with van der Waals surface area (Å²) in [5.41, 5.74) is 3.06. The number of allylic oxidation sites excluding steroid dienone is 1. The van der Waals surface area contributed by atoms with Gasteiger partial charge in [0.05, 0.1) is 17.6 Å². The number of para-hydroxylation sites is 2. The number of nitriles is 1. The van der Waals surface area contributed by atoms with Crippen LogP contribution in [0.4, 0.5) is 5.69 Å². The quantitative estimate of drug-likeness (QED) is 0.700. The number of nitrogens with zero attached hydrogens (tertiary/aromatic N) is 2. The van der Waals surface area contributed by atoms with Crippen molar-refractivity contribution in [3.8, 4) is 11.8 Å². The van der Waals surface area contributed by atoms with Gasteiger partial charge >= 0.3 is 0 Å². The van der Waals surface area contributed by atoms with Crippen molar-refractivity contribution in [2.45, 2.75) is 6.92 Å². The molecule has 3 rings (SSSR count). The Kier molecular flexibility index (Phi) is 4.25. The van der Waals surface area contributed by atoms with Gasteiger partial charge in [-0.2, -0.15) is 5.26 Å². The van der Waals surface area contributed by atoms with E-state index < -0.39 is 0 Å². The first-order chi connectivity index (χ1) is 11.3. The number of anilines is 1. The zero-order valence-corrected chi connectivity index (χ0v) is 12.7. The average Bonchev–Trinajstić information content (AvgIpc) is 3.01. The van der Waals surface area contributed by atoms with Crippen LogP contribution in [0.2, 0.25) is 0 Å². The number of benzene rings is 2. The van der Waals surface area contributed by atoms with Crippen molar-refractivity contribution in [1.82, 2.24) is 9.97 Å². The van der Waals surface area contributed by atoms with Crippen molar-refractivity contribution in [3.05, 3.63) is 60.6 Å². The molecule has 0 saturated carbocycles. The van der Waals surface area contributed by atoms with Crippen molar-refractivity contribution in [1.29, 1.82) is 5.26 Å². The van der Waals surface area contributed by atoms with Crippen LogP contribution < -0.4 is 10.1 Å². The van der Waals surface area contributed by atoms with Crippen LogP contribution in [0.15, 0.2) is 54.7 Å². The standard InChI is InChI=1S/C18H16N4O/c1-2-23-15-9-7-14(8-10-15)20-12-13(11-19)18-21-16-5-3-4-6-17(16)22-18/h3-10,12,20H,2H2,1H3,(H,21,22). The number of hydrogen-bond donors (Lipinski definition) is 2. The molecule has 2 N–H and O–H groups in total. The van der Waals surface area contributed by atoms with Gasteiger partial charge in [0.25, 0.3) is 0 Å². The summed E-state index contributed by atoms with van der Waals surface area (Å²) < 4.78 is 5.40. The summed E-state index contributed by atoms with van der Waals surface area (Å²) in [6.45, 7) is 2.58. The number of nitrogens with one attached hydrogen (secondary N) is 2. The fourth-order valence-electron chi connectivity index (χ4n) is 2.20. The summed E-state index contributed by atoms with van der Waals surface area (Å²) in [7, 11) is 0. The number of ether oxygens (including phenoxy) is 1. The maximum absolute atomic E-state index is 9.36. The Labute approximate surface area is 134 Å². The van der Waals surface area contributed by atoms with Crippen LogP contribution in [0.3, 0.4) is 0 Å². The second kappa shape index (κ2) is 6.67. The monoisotopic (exact) mass is 304 g/mol. The lowest BCUT2D eigenvalue weighted by Gasteiger charge is -2.05. The van der Waals surface area contributed by atoms with E-state index in [4.69, 9.17) is 4.74 Å². The van der Waals surface area contributed by atoms with Crippen LogP contribution in [0.1, 0.15) is 12.7 Å². The number of imidazole rings is 1. The fourth-order valence-corrected chi connectivity index (χ4v) is 2.20. The molecule has 2 aromatic carbocycles. The van der Waals surface area contributed by atoms with E-state index in [1.54, 1.807) is 6.20 Å². The molecule has 0 aliphatic heterocycles. The van der Waals surface area contributed by atoms with Gasteiger partial charge in [-0.3, -0.25) is 0 Å². The average molecular weight is 304 g/mol. The van der Waals surface area contributed by atoms with Gasteiger partial charge in [-0.1, -0.05) is 12.1 Å². The fraction of sp³-hybridized carbons (Fsp3) is 0.111. The third-order valence-electron chi connectivity index (χ3n) is 3.31. The minimum absolute atomic E-state index is 0.440. The largest absolute Gasteiger partial charge is 0.494 e. The molecule has 0 saturated heterocycles. The number of rotatable bonds is 5. The van der Waals surface area contributed by atoms with Gasteiger partial charge in [-0.15, -0.1) is 0 Å². The summed E-state index contributed by atoms with van der Waals surface area (Å²) in [4.78, 5) is 7.58. The highest BCUT2D eigenvalue weighted by Crippen LogP contribution is 2.19. The topological polar surface area (TPSA) is 73.7 Å². The number of aromatic nitrogens is 2. The van der Waals surface area contributed by atoms with E-state index in [1.807, 2.05) is 55.5 Å². The van der Waals surface area contributed by atoms with E-state index in [1.165, 1.54) is 0 Å². The van der Waals surface area contributed by atoms with Gasteiger partial charge in [0.2, 0.25) is 0 Å². The van der Waals surface area contributed by atoms with Crippen LogP contribution in [0.25, 0.3) is 16.6 Å². The summed E-state index contributed by atoms with van der Waals surface area (Å²) in [6, 6.07) is 17.4. The summed E-state index contributed by atoms with van der Waals surface area (Å²) >= 11 is 0. The van der Waals surface area contributed by atoms with Crippen molar-refractivity contribution >= 4 is 22.3 Å². The number of aromatic amines is 1. The molecule has 0 aliphatic carbocycles. The molecule has 0 atom stereocenters. The molecular weight excluding hydrogens is 288 g/mol. The van der Waals surface area contributed by atoms with Crippen molar-refractivity contribution in [2.75, 3.05) is 11.9 Å². The van der Waals surface area contributed by atoms with E-state index in [9.17, 15) is 5.26 Å². The second-order valence-corrected chi connectivity index (χ2v) is 4.87. The minimum Gasteiger partial charge on any atom is -0.494 e. The Morgan fingerprint density at radius 2 is 2.04 bits per heavy atom. The van der Waals surface area contributed by atoms with E-state index in [0.29, 0.717) is 18.0 Å². The first-order valence-corrected chi connectivity index (χ1v) is 7.35. The number of hydrogen-bond acceptors (Lipinski definition) is 4. The Morgan fingerprint density at radius 3 is 2.74 bits per heavy atom. The predicted octanol–water partition coefficient (Wildman–Crippen LogP) is 3.94. The molecule has 3 aromatic rings. The SMILES string of the molecule is CCOc1ccc(NC=C(C#N)c2nc3ccccc3[nH]2)cc1. The van der Waals surface area contributed by atoms with E-state index in [-0.39, 0.29) is 0 Å². The molecule has 114 valence electrons. The molecular formula is C18H16N4O. The zero-order chi connectivity index (χ0) is 16.1. The van der Waals surface area contributed by atoms with Gasteiger partial charge in [-0.25, -0.2) is 4.98 Å². The van der Waals surface area contributed by atoms with Crippen LogP contribution >= 0.6 is 0 Å². The normalized spacial score (nSPS) is 11.2. The highest BCUT2D eigenvalue weighted by Gasteiger charge is 2.07. The van der Waals surface area contributed by atoms with Gasteiger partial charge in [0, 0.05) is 11.9 Å². The molecule has 5 nitrogen and oxygen atoms in total. The Morgan fingerprint density at radius 1 is 1.26 bits per heavy atom. The van der Waals surface area contributed by atoms with E-state index in [0.717, 1.165) is 22.5 Å². The summed E-state index contributed by atoms with van der Waals surface area (Å²) in [6.07, 6.45) is 1.65. The van der Waals surface area contributed by atoms with E-state index >= 15 is 0 Å². The molecule has 5 heteroatoms. The van der Waals surface area contributed by atoms with Crippen molar-refractivity contribution in [3.63, 3.8) is 0 Å². The molecule has 23 heavy (non-hydrogen) atoms. The molecule has 0 spiro atoms. The van der Waals surface area contributed by atoms with Crippen molar-refractivity contribution in [2.24, 2.45) is 0 Å². The molecule has 1 aromatic heterocycles. The lowest BCUT2D eigenvalue weighted by molar-refractivity contribution is 0.340. The first kappa shape index (κ1) is 14.7. The van der Waals surface area contributed by atoms with Crippen LogP contribution in [-0.4, -0.2) is 16.6 Å². The van der Waals surface area contributed by atoms with Gasteiger partial charge in [-0.05, 0) is 43.3 Å². The highest BCUT2D eigenvalue weighted by molar-refractivity contribution is 5.82. The highest BCUT2D eigenvalue weighted by atomic mass is 16.5. The van der Waals surface area contributed by atoms with Gasteiger partial charge < -0.3 is 15.0 Å². The first-order valence-electron chi connectivity index (χ1n) is 7.35. The van der Waals surface area contributed by atoms with Crippen LogP contribution in [0.5, 0.6) is 5.75 Å². The molecule has 0 fully saturated rings. The molecule has 0 aliphatic rings. The second-order valence-electron chi connectivity index (χ2n) is 4.87. The zero-order valence-electron chi connectivity index (χ0n) is 12.7. The van der Waals surface area contributed by atoms with E-state index in [2.05, 4.69) is 21.4 Å². The predicted molar refractivity (Wildman–Crippen MR) is 90.9 cm³/mol. The molecule has 0 unspecified atom stereocenters. The Hall–Kier alpha value is -3.26. The summed E-state index contributed by atoms with van der Waals surface area (Å²) in [5, 5.41) is 12.5. The molecule has 0 amide bonds. The van der Waals surface area contributed by atoms with Gasteiger partial charge in [0.1, 0.15) is 17.4 Å². The maximum atomic E-state index is 9.36. The molecule has 0 bridgehead atoms. The van der Waals surface area contributed by atoms with Crippen LogP contribution in [-0.2, 0) is 0 Å². The Bertz CT molecular complexity index is 839. The smallest absolute Gasteiger partial charge is 0.150 e. The minimum atomic E-state index is 0.440. The third kappa shape index (κ3) is 3.33. The number of fused-ring (bicyclic) bond motifs is 1. The number of H-pyrrole nitrogens is 1. The van der Waals surface area contributed by atoms with Crippen molar-refractivity contribution < 1.29 is 4.74 Å². The van der Waals surface area contributed by atoms with Gasteiger partial charge in [0.15, 0.2) is 5.82 Å². The molecule has 1 heterocycles. The summed E-state index contributed by atoms with van der Waals surface area (Å²) in [5.74, 6) is 1.37. The lowest BCUT2D eigenvalue weighted by Crippen LogP contribution is -1.94. The third-order valence-corrected chi connectivity index (χ3v) is 3.31. The van der Waals surface area contributed by atoms with Crippen LogP contribution in [0, 0.1) is 11.3 Å². The Balaban J connectivity index is 1.80. The molecule has 0 radical (unpaired) electrons.